The summed E-state index contributed by atoms with van der Waals surface area (Å²) in [5, 5.41) is 1.27. The SMILES string of the molecule is CON(C(=O)C(C)(Cl)C(C)(C)C)c1ccccc1C. The van der Waals surface area contributed by atoms with Crippen LogP contribution in [0, 0.1) is 12.3 Å². The zero-order chi connectivity index (χ0) is 14.8. The first kappa shape index (κ1) is 16.0. The number of rotatable bonds is 3. The van der Waals surface area contributed by atoms with Gasteiger partial charge < -0.3 is 0 Å². The summed E-state index contributed by atoms with van der Waals surface area (Å²) >= 11 is 6.47. The molecule has 0 spiro atoms. The molecule has 0 aromatic heterocycles. The lowest BCUT2D eigenvalue weighted by Gasteiger charge is -2.38. The van der Waals surface area contributed by atoms with Gasteiger partial charge in [-0.3, -0.25) is 9.63 Å². The minimum Gasteiger partial charge on any atom is -0.270 e. The Morgan fingerprint density at radius 1 is 1.21 bits per heavy atom. The average Bonchev–Trinajstić information content (AvgIpc) is 2.30. The number of hydroxylamine groups is 1. The summed E-state index contributed by atoms with van der Waals surface area (Å²) in [6.45, 7) is 9.45. The Hall–Kier alpha value is -1.06. The van der Waals surface area contributed by atoms with E-state index in [1.165, 1.54) is 12.2 Å². The van der Waals surface area contributed by atoms with Crippen LogP contribution in [0.15, 0.2) is 24.3 Å². The lowest BCUT2D eigenvalue weighted by molar-refractivity contribution is -0.129. The van der Waals surface area contributed by atoms with E-state index in [1.54, 1.807) is 6.92 Å². The third kappa shape index (κ3) is 3.10. The Kier molecular flexibility index (Phi) is 4.64. The van der Waals surface area contributed by atoms with Crippen LogP contribution >= 0.6 is 11.6 Å². The Bertz CT molecular complexity index is 463. The normalized spacial score (nSPS) is 14.9. The van der Waals surface area contributed by atoms with Gasteiger partial charge in [0.15, 0.2) is 0 Å². The average molecular weight is 284 g/mol. The minimum absolute atomic E-state index is 0.265. The van der Waals surface area contributed by atoms with Crippen LogP contribution < -0.4 is 5.06 Å². The maximum Gasteiger partial charge on any atom is 0.272 e. The first-order chi connectivity index (χ1) is 8.63. The van der Waals surface area contributed by atoms with E-state index in [0.29, 0.717) is 5.69 Å². The van der Waals surface area contributed by atoms with Gasteiger partial charge in [0.2, 0.25) is 0 Å². The van der Waals surface area contributed by atoms with Gasteiger partial charge in [-0.1, -0.05) is 39.0 Å². The molecule has 0 aliphatic rings. The quantitative estimate of drug-likeness (QED) is 0.621. The van der Waals surface area contributed by atoms with E-state index < -0.39 is 4.87 Å². The second-order valence-electron chi connectivity index (χ2n) is 5.82. The fourth-order valence-electron chi connectivity index (χ4n) is 1.59. The molecule has 1 aromatic carbocycles. The summed E-state index contributed by atoms with van der Waals surface area (Å²) in [7, 11) is 1.47. The lowest BCUT2D eigenvalue weighted by atomic mass is 9.80. The largest absolute Gasteiger partial charge is 0.272 e. The molecular weight excluding hydrogens is 262 g/mol. The van der Waals surface area contributed by atoms with Gasteiger partial charge >= 0.3 is 0 Å². The highest BCUT2D eigenvalue weighted by molar-refractivity contribution is 6.37. The molecule has 19 heavy (non-hydrogen) atoms. The molecule has 106 valence electrons. The highest BCUT2D eigenvalue weighted by Crippen LogP contribution is 2.39. The molecule has 0 radical (unpaired) electrons. The van der Waals surface area contributed by atoms with Crippen molar-refractivity contribution in [1.29, 1.82) is 0 Å². The van der Waals surface area contributed by atoms with Crippen molar-refractivity contribution in [3.05, 3.63) is 29.8 Å². The van der Waals surface area contributed by atoms with Gasteiger partial charge in [-0.2, -0.15) is 5.06 Å². The van der Waals surface area contributed by atoms with E-state index in [9.17, 15) is 4.79 Å². The van der Waals surface area contributed by atoms with Crippen LogP contribution in [0.25, 0.3) is 0 Å². The second kappa shape index (κ2) is 5.51. The predicted molar refractivity (Wildman–Crippen MR) is 79.4 cm³/mol. The fourth-order valence-corrected chi connectivity index (χ4v) is 1.67. The van der Waals surface area contributed by atoms with Crippen molar-refractivity contribution in [3.63, 3.8) is 0 Å². The molecule has 1 unspecified atom stereocenters. The molecule has 0 aliphatic heterocycles. The van der Waals surface area contributed by atoms with Gasteiger partial charge in [0.1, 0.15) is 4.87 Å². The van der Waals surface area contributed by atoms with Crippen LogP contribution in [0.3, 0.4) is 0 Å². The van der Waals surface area contributed by atoms with Crippen molar-refractivity contribution in [2.75, 3.05) is 12.2 Å². The van der Waals surface area contributed by atoms with Gasteiger partial charge in [0.25, 0.3) is 5.91 Å². The fraction of sp³-hybridized carbons (Fsp3) is 0.533. The highest BCUT2D eigenvalue weighted by Gasteiger charge is 2.45. The van der Waals surface area contributed by atoms with Gasteiger partial charge in [-0.25, -0.2) is 0 Å². The molecule has 4 heteroatoms. The summed E-state index contributed by atoms with van der Waals surface area (Å²) in [5.41, 5.74) is 1.29. The van der Waals surface area contributed by atoms with Gasteiger partial charge in [0, 0.05) is 0 Å². The van der Waals surface area contributed by atoms with Crippen molar-refractivity contribution >= 4 is 23.2 Å². The number of nitrogens with zero attached hydrogens (tertiary/aromatic N) is 1. The number of aryl methyl sites for hydroxylation is 1. The molecule has 0 saturated carbocycles. The Balaban J connectivity index is 3.19. The number of para-hydroxylation sites is 1. The molecular formula is C15H22ClNO2. The maximum atomic E-state index is 12.7. The number of carbonyl (C=O) groups is 1. The Morgan fingerprint density at radius 3 is 2.16 bits per heavy atom. The van der Waals surface area contributed by atoms with E-state index in [-0.39, 0.29) is 11.3 Å². The molecule has 0 heterocycles. The molecule has 0 fully saturated rings. The van der Waals surface area contributed by atoms with E-state index in [1.807, 2.05) is 52.0 Å². The van der Waals surface area contributed by atoms with Gasteiger partial charge in [-0.15, -0.1) is 11.6 Å². The van der Waals surface area contributed by atoms with Crippen molar-refractivity contribution in [1.82, 2.24) is 0 Å². The Labute approximate surface area is 120 Å². The van der Waals surface area contributed by atoms with Crippen molar-refractivity contribution < 1.29 is 9.63 Å². The van der Waals surface area contributed by atoms with Crippen molar-refractivity contribution in [2.45, 2.75) is 39.5 Å². The molecule has 1 aromatic rings. The van der Waals surface area contributed by atoms with E-state index in [2.05, 4.69) is 0 Å². The van der Waals surface area contributed by atoms with E-state index in [0.717, 1.165) is 5.56 Å². The molecule has 0 N–H and O–H groups in total. The molecule has 1 rings (SSSR count). The predicted octanol–water partition coefficient (Wildman–Crippen LogP) is 3.93. The van der Waals surface area contributed by atoms with Crippen molar-refractivity contribution in [3.8, 4) is 0 Å². The summed E-state index contributed by atoms with van der Waals surface area (Å²) < 4.78 is 0. The number of halogens is 1. The smallest absolute Gasteiger partial charge is 0.270 e. The zero-order valence-electron chi connectivity index (χ0n) is 12.5. The second-order valence-corrected chi connectivity index (χ2v) is 6.58. The molecule has 1 atom stereocenters. The molecule has 1 amide bonds. The summed E-state index contributed by atoms with van der Waals surface area (Å²) in [5.74, 6) is -0.265. The van der Waals surface area contributed by atoms with E-state index >= 15 is 0 Å². The number of hydrogen-bond acceptors (Lipinski definition) is 2. The monoisotopic (exact) mass is 283 g/mol. The lowest BCUT2D eigenvalue weighted by Crippen LogP contribution is -2.50. The highest BCUT2D eigenvalue weighted by atomic mass is 35.5. The molecule has 0 bridgehead atoms. The third-order valence-electron chi connectivity index (χ3n) is 3.51. The van der Waals surface area contributed by atoms with Crippen LogP contribution in [0.5, 0.6) is 0 Å². The number of hydrogen-bond donors (Lipinski definition) is 0. The first-order valence-electron chi connectivity index (χ1n) is 6.26. The Morgan fingerprint density at radius 2 is 1.74 bits per heavy atom. The van der Waals surface area contributed by atoms with Crippen LogP contribution in [-0.4, -0.2) is 17.9 Å². The van der Waals surface area contributed by atoms with Crippen molar-refractivity contribution in [2.24, 2.45) is 5.41 Å². The number of alkyl halides is 1. The maximum absolute atomic E-state index is 12.7. The number of benzene rings is 1. The summed E-state index contributed by atoms with van der Waals surface area (Å²) in [6.07, 6.45) is 0. The first-order valence-corrected chi connectivity index (χ1v) is 6.64. The van der Waals surface area contributed by atoms with Crippen LogP contribution in [0.2, 0.25) is 0 Å². The van der Waals surface area contributed by atoms with Gasteiger partial charge in [0.05, 0.1) is 12.8 Å². The number of anilines is 1. The zero-order valence-corrected chi connectivity index (χ0v) is 13.2. The van der Waals surface area contributed by atoms with Gasteiger partial charge in [-0.05, 0) is 30.9 Å². The summed E-state index contributed by atoms with van der Waals surface area (Å²) in [4.78, 5) is 16.9. The molecule has 3 nitrogen and oxygen atoms in total. The standard InChI is InChI=1S/C15H22ClNO2/c1-11-9-7-8-10-12(11)17(19-6)13(18)15(5,16)14(2,3)4/h7-10H,1-6H3. The third-order valence-corrected chi connectivity index (χ3v) is 4.24. The van der Waals surface area contributed by atoms with Crippen LogP contribution in [-0.2, 0) is 9.63 Å². The molecule has 0 saturated heterocycles. The topological polar surface area (TPSA) is 29.5 Å². The number of carbonyl (C=O) groups excluding carboxylic acids is 1. The van der Waals surface area contributed by atoms with Crippen LogP contribution in [0.4, 0.5) is 5.69 Å². The van der Waals surface area contributed by atoms with E-state index in [4.69, 9.17) is 16.4 Å². The minimum atomic E-state index is -1.05. The molecule has 0 aliphatic carbocycles. The van der Waals surface area contributed by atoms with Crippen LogP contribution in [0.1, 0.15) is 33.3 Å². The summed E-state index contributed by atoms with van der Waals surface area (Å²) in [6, 6.07) is 7.55. The number of amides is 1.